The maximum atomic E-state index is 13.0. The Morgan fingerprint density at radius 1 is 0.875 bits per heavy atom. The van der Waals surface area contributed by atoms with E-state index in [0.717, 1.165) is 6.42 Å². The van der Waals surface area contributed by atoms with Gasteiger partial charge in [-0.25, -0.2) is 14.4 Å². The maximum Gasteiger partial charge on any atom is 0.360 e. The number of benzene rings is 2. The molecule has 32 heavy (non-hydrogen) atoms. The van der Waals surface area contributed by atoms with Gasteiger partial charge in [0.05, 0.1) is 12.0 Å². The van der Waals surface area contributed by atoms with Crippen LogP contribution in [0.2, 0.25) is 0 Å². The number of ketones is 2. The molecule has 0 aromatic heterocycles. The van der Waals surface area contributed by atoms with E-state index in [1.807, 2.05) is 0 Å². The van der Waals surface area contributed by atoms with Crippen molar-refractivity contribution in [3.8, 4) is 0 Å². The van der Waals surface area contributed by atoms with E-state index in [1.54, 1.807) is 30.3 Å². The summed E-state index contributed by atoms with van der Waals surface area (Å²) in [6, 6.07) is 13.7. The van der Waals surface area contributed by atoms with Gasteiger partial charge in [0.2, 0.25) is 0 Å². The normalized spacial score (nSPS) is 20.4. The number of hydrogen-bond donors (Lipinski definition) is 1. The molecule has 2 atom stereocenters. The Morgan fingerprint density at radius 3 is 2.09 bits per heavy atom. The molecule has 1 aliphatic heterocycles. The summed E-state index contributed by atoms with van der Waals surface area (Å²) in [6.45, 7) is 0.486. The van der Waals surface area contributed by atoms with Crippen LogP contribution in [0, 0.1) is 11.1 Å². The van der Waals surface area contributed by atoms with Gasteiger partial charge in [0, 0.05) is 17.5 Å². The number of nitrogens with two attached hydrogens (primary N) is 1. The number of quaternary nitrogens is 1. The number of hydroxylamine groups is 3. The van der Waals surface area contributed by atoms with Crippen molar-refractivity contribution in [1.29, 1.82) is 0 Å². The molecule has 0 saturated carbocycles. The van der Waals surface area contributed by atoms with Gasteiger partial charge < -0.3 is 10.9 Å². The molecule has 8 heteroatoms. The second-order valence-corrected chi connectivity index (χ2v) is 7.74. The first-order valence-electron chi connectivity index (χ1n) is 10.5. The van der Waals surface area contributed by atoms with Crippen molar-refractivity contribution in [1.82, 2.24) is 0 Å². The van der Waals surface area contributed by atoms with Crippen molar-refractivity contribution in [3.63, 3.8) is 0 Å². The second kappa shape index (κ2) is 9.86. The lowest BCUT2D eigenvalue weighted by Crippen LogP contribution is -2.53. The lowest BCUT2D eigenvalue weighted by atomic mass is 9.97. The highest BCUT2D eigenvalue weighted by Gasteiger charge is 2.57. The molecule has 0 radical (unpaired) electrons. The van der Waals surface area contributed by atoms with Crippen LogP contribution in [0.1, 0.15) is 58.4 Å². The molecule has 3 amide bonds. The minimum absolute atomic E-state index is 0.0498. The molecule has 3 rings (SSSR count). The first kappa shape index (κ1) is 23.3. The number of rotatable bonds is 9. The third kappa shape index (κ3) is 4.47. The first-order chi connectivity index (χ1) is 15.3. The summed E-state index contributed by atoms with van der Waals surface area (Å²) in [7, 11) is 0. The fraction of sp³-hybridized carbons (Fsp3) is 0.292. The summed E-state index contributed by atoms with van der Waals surface area (Å²) in [6.07, 6.45) is 1.40. The van der Waals surface area contributed by atoms with E-state index < -0.39 is 40.5 Å². The van der Waals surface area contributed by atoms with Crippen LogP contribution in [0.5, 0.6) is 0 Å². The van der Waals surface area contributed by atoms with Gasteiger partial charge in [0.1, 0.15) is 11.7 Å². The summed E-state index contributed by atoms with van der Waals surface area (Å²) >= 11 is 0. The molecule has 0 aliphatic carbocycles. The average Bonchev–Trinajstić information content (AvgIpc) is 3.06. The van der Waals surface area contributed by atoms with Crippen LogP contribution in [-0.2, 0) is 14.4 Å². The molecule has 1 saturated heterocycles. The van der Waals surface area contributed by atoms with Crippen molar-refractivity contribution in [2.45, 2.75) is 32.1 Å². The van der Waals surface area contributed by atoms with Crippen LogP contribution in [-0.4, -0.2) is 40.5 Å². The highest BCUT2D eigenvalue weighted by atomic mass is 16.6. The van der Waals surface area contributed by atoms with Crippen LogP contribution < -0.4 is 5.73 Å². The van der Waals surface area contributed by atoms with E-state index >= 15 is 0 Å². The number of carbonyl (C=O) groups excluding carboxylic acids is 5. The van der Waals surface area contributed by atoms with Crippen LogP contribution in [0.4, 0.5) is 0 Å². The Labute approximate surface area is 185 Å². The molecular weight excluding hydrogens is 412 g/mol. The van der Waals surface area contributed by atoms with Gasteiger partial charge in [-0.05, 0) is 31.5 Å². The molecule has 1 heterocycles. The average molecular weight is 436 g/mol. The molecule has 2 aromatic carbocycles. The third-order valence-electron chi connectivity index (χ3n) is 5.57. The first-order valence-corrected chi connectivity index (χ1v) is 10.5. The van der Waals surface area contributed by atoms with Gasteiger partial charge in [0.15, 0.2) is 5.78 Å². The number of likely N-dealkylation sites (tertiary alicyclic amines) is 1. The highest BCUT2D eigenvalue weighted by Crippen LogP contribution is 2.31. The predicted octanol–water partition coefficient (Wildman–Crippen LogP) is 2.53. The summed E-state index contributed by atoms with van der Waals surface area (Å²) in [5.74, 6) is -5.83. The fourth-order valence-corrected chi connectivity index (χ4v) is 3.69. The van der Waals surface area contributed by atoms with Crippen LogP contribution >= 0.6 is 0 Å². The summed E-state index contributed by atoms with van der Waals surface area (Å²) in [4.78, 5) is 62.7. The number of unbranched alkanes of at least 4 members (excludes halogenated alkanes) is 2. The second-order valence-electron chi connectivity index (χ2n) is 7.74. The Kier molecular flexibility index (Phi) is 7.19. The summed E-state index contributed by atoms with van der Waals surface area (Å²) in [5.41, 5.74) is 5.97. The van der Waals surface area contributed by atoms with E-state index in [-0.39, 0.29) is 23.3 Å². The number of carbonyl (C=O) groups is 5. The zero-order chi connectivity index (χ0) is 23.3. The Hall–Kier alpha value is -3.33. The third-order valence-corrected chi connectivity index (χ3v) is 5.57. The molecule has 1 aliphatic rings. The minimum Gasteiger partial charge on any atom is -0.610 e. The van der Waals surface area contributed by atoms with E-state index in [2.05, 4.69) is 0 Å². The predicted molar refractivity (Wildman–Crippen MR) is 115 cm³/mol. The number of Topliss-reactive ketones (excluding diaryl/α,β-unsaturated/α-hetero) is 1. The standard InChI is InChI=1S/C24H24N2O6/c25-14-6-2-5-9-20(27)19-15-21(28)26(32,24(19)31)23(30)18-12-10-17(11-13-18)22(29)16-7-3-1-4-8-16/h1,3-4,7-8,10-13,19H,2,5-6,9,14-15,25H2. The molecule has 2 aromatic rings. The van der Waals surface area contributed by atoms with Crippen LogP contribution in [0.25, 0.3) is 0 Å². The summed E-state index contributed by atoms with van der Waals surface area (Å²) in [5, 5.41) is 13.0. The SMILES string of the molecule is NCCCCCC(=O)C1CC(=O)[N+]([O-])(C(=O)c2ccc(C(=O)c3ccccc3)cc2)C1=O. The Morgan fingerprint density at radius 2 is 1.47 bits per heavy atom. The molecule has 2 unspecified atom stereocenters. The molecule has 8 nitrogen and oxygen atoms in total. The van der Waals surface area contributed by atoms with Crippen molar-refractivity contribution >= 4 is 29.3 Å². The smallest absolute Gasteiger partial charge is 0.360 e. The van der Waals surface area contributed by atoms with Crippen molar-refractivity contribution in [2.24, 2.45) is 11.7 Å². The molecule has 0 spiro atoms. The topological polar surface area (TPSA) is 134 Å². The largest absolute Gasteiger partial charge is 0.610 e. The number of amides is 3. The van der Waals surface area contributed by atoms with Gasteiger partial charge in [-0.2, -0.15) is 4.65 Å². The highest BCUT2D eigenvalue weighted by molar-refractivity contribution is 6.16. The van der Waals surface area contributed by atoms with Gasteiger partial charge >= 0.3 is 17.7 Å². The monoisotopic (exact) mass is 436 g/mol. The Balaban J connectivity index is 1.74. The van der Waals surface area contributed by atoms with Crippen molar-refractivity contribution in [3.05, 3.63) is 76.5 Å². The number of imide groups is 3. The molecule has 166 valence electrons. The van der Waals surface area contributed by atoms with Gasteiger partial charge in [-0.1, -0.05) is 48.9 Å². The zero-order valence-electron chi connectivity index (χ0n) is 17.5. The number of nitrogens with zero attached hydrogens (tertiary/aromatic N) is 1. The van der Waals surface area contributed by atoms with Gasteiger partial charge in [0.25, 0.3) is 0 Å². The minimum atomic E-state index is -2.31. The lowest BCUT2D eigenvalue weighted by Gasteiger charge is -2.29. The van der Waals surface area contributed by atoms with E-state index in [1.165, 1.54) is 24.3 Å². The van der Waals surface area contributed by atoms with Gasteiger partial charge in [-0.3, -0.25) is 9.59 Å². The quantitative estimate of drug-likeness (QED) is 0.159. The van der Waals surface area contributed by atoms with E-state index in [4.69, 9.17) is 5.73 Å². The van der Waals surface area contributed by atoms with Gasteiger partial charge in [-0.15, -0.1) is 0 Å². The molecular formula is C24H24N2O6. The van der Waals surface area contributed by atoms with E-state index in [9.17, 15) is 29.2 Å². The van der Waals surface area contributed by atoms with Crippen molar-refractivity contribution < 1.29 is 28.6 Å². The number of hydrogen-bond acceptors (Lipinski definition) is 7. The summed E-state index contributed by atoms with van der Waals surface area (Å²) < 4.78 is -2.31. The lowest BCUT2D eigenvalue weighted by molar-refractivity contribution is -0.632. The Bertz CT molecular complexity index is 1050. The molecule has 0 bridgehead atoms. The molecule has 2 N–H and O–H groups in total. The van der Waals surface area contributed by atoms with Crippen LogP contribution in [0.3, 0.4) is 0 Å². The molecule has 1 fully saturated rings. The fourth-order valence-electron chi connectivity index (χ4n) is 3.69. The van der Waals surface area contributed by atoms with Crippen LogP contribution in [0.15, 0.2) is 54.6 Å². The zero-order valence-corrected chi connectivity index (χ0v) is 17.5. The maximum absolute atomic E-state index is 13.0. The van der Waals surface area contributed by atoms with Crippen molar-refractivity contribution in [2.75, 3.05) is 6.54 Å². The van der Waals surface area contributed by atoms with E-state index in [0.29, 0.717) is 24.9 Å².